The number of rotatable bonds is 3. The van der Waals surface area contributed by atoms with E-state index in [1.165, 1.54) is 0 Å². The van der Waals surface area contributed by atoms with E-state index in [0.717, 1.165) is 6.42 Å². The van der Waals surface area contributed by atoms with E-state index >= 15 is 0 Å². The van der Waals surface area contributed by atoms with E-state index in [4.69, 9.17) is 9.84 Å². The van der Waals surface area contributed by atoms with Crippen molar-refractivity contribution in [3.8, 4) is 0 Å². The fourth-order valence-corrected chi connectivity index (χ4v) is 1.81. The second-order valence-corrected chi connectivity index (χ2v) is 4.36. The summed E-state index contributed by atoms with van der Waals surface area (Å²) in [7, 11) is 0. The van der Waals surface area contributed by atoms with Gasteiger partial charge in [0.1, 0.15) is 6.10 Å². The zero-order chi connectivity index (χ0) is 11.0. The Hall–Kier alpha value is -1.10. The normalized spacial score (nSPS) is 38.7. The highest BCUT2D eigenvalue weighted by Gasteiger charge is 2.39. The number of carboxylic acid groups (broad SMARTS) is 1. The van der Waals surface area contributed by atoms with Crippen molar-refractivity contribution in [2.24, 2.45) is 5.92 Å². The van der Waals surface area contributed by atoms with Crippen LogP contribution in [0.5, 0.6) is 0 Å². The largest absolute Gasteiger partial charge is 0.479 e. The summed E-state index contributed by atoms with van der Waals surface area (Å²) in [4.78, 5) is 22.2. The third kappa shape index (κ3) is 2.28. The SMILES string of the molecule is CC1CC1NC(=O)[C@@H]1CC[C@H](C(=O)O)O1. The van der Waals surface area contributed by atoms with Gasteiger partial charge in [-0.2, -0.15) is 0 Å². The summed E-state index contributed by atoms with van der Waals surface area (Å²) in [5.74, 6) is -0.594. The van der Waals surface area contributed by atoms with Gasteiger partial charge >= 0.3 is 5.97 Å². The quantitative estimate of drug-likeness (QED) is 0.699. The lowest BCUT2D eigenvalue weighted by Crippen LogP contribution is -2.37. The van der Waals surface area contributed by atoms with Crippen molar-refractivity contribution in [2.75, 3.05) is 0 Å². The molecular weight excluding hydrogens is 198 g/mol. The molecule has 1 heterocycles. The molecule has 2 N–H and O–H groups in total. The fraction of sp³-hybridized carbons (Fsp3) is 0.800. The van der Waals surface area contributed by atoms with E-state index in [9.17, 15) is 9.59 Å². The Balaban J connectivity index is 1.80. The van der Waals surface area contributed by atoms with Crippen LogP contribution in [0.2, 0.25) is 0 Å². The molecule has 0 aromatic heterocycles. The molecule has 2 fully saturated rings. The van der Waals surface area contributed by atoms with E-state index in [-0.39, 0.29) is 11.9 Å². The molecule has 0 radical (unpaired) electrons. The Kier molecular flexibility index (Phi) is 2.65. The number of hydrogen-bond acceptors (Lipinski definition) is 3. The first-order valence-corrected chi connectivity index (χ1v) is 5.26. The first-order valence-electron chi connectivity index (χ1n) is 5.26. The minimum absolute atomic E-state index is 0.159. The number of carbonyl (C=O) groups excluding carboxylic acids is 1. The first kappa shape index (κ1) is 10.4. The van der Waals surface area contributed by atoms with Gasteiger partial charge in [0.15, 0.2) is 6.10 Å². The van der Waals surface area contributed by atoms with Crippen molar-refractivity contribution in [1.82, 2.24) is 5.32 Å². The van der Waals surface area contributed by atoms with Gasteiger partial charge < -0.3 is 15.2 Å². The molecular formula is C10H15NO4. The van der Waals surface area contributed by atoms with E-state index in [1.807, 2.05) is 0 Å². The van der Waals surface area contributed by atoms with Crippen molar-refractivity contribution >= 4 is 11.9 Å². The van der Waals surface area contributed by atoms with Crippen LogP contribution in [-0.2, 0) is 14.3 Å². The van der Waals surface area contributed by atoms with Gasteiger partial charge in [0.05, 0.1) is 0 Å². The van der Waals surface area contributed by atoms with E-state index in [2.05, 4.69) is 12.2 Å². The maximum absolute atomic E-state index is 11.6. The Morgan fingerprint density at radius 3 is 2.40 bits per heavy atom. The lowest BCUT2D eigenvalue weighted by Gasteiger charge is -2.11. The maximum atomic E-state index is 11.6. The minimum atomic E-state index is -0.981. The van der Waals surface area contributed by atoms with Gasteiger partial charge in [0, 0.05) is 6.04 Å². The van der Waals surface area contributed by atoms with Gasteiger partial charge in [-0.05, 0) is 25.2 Å². The Bertz CT molecular complexity index is 291. The lowest BCUT2D eigenvalue weighted by molar-refractivity contribution is -0.151. The molecule has 1 saturated heterocycles. The smallest absolute Gasteiger partial charge is 0.332 e. The first-order chi connectivity index (χ1) is 7.08. The summed E-state index contributed by atoms with van der Waals surface area (Å²) >= 11 is 0. The number of ether oxygens (including phenoxy) is 1. The van der Waals surface area contributed by atoms with E-state index in [0.29, 0.717) is 18.8 Å². The molecule has 2 aliphatic rings. The third-order valence-electron chi connectivity index (χ3n) is 3.02. The highest BCUT2D eigenvalue weighted by Crippen LogP contribution is 2.30. The summed E-state index contributed by atoms with van der Waals surface area (Å²) in [5, 5.41) is 11.5. The molecule has 1 amide bonds. The van der Waals surface area contributed by atoms with Crippen LogP contribution >= 0.6 is 0 Å². The molecule has 2 rings (SSSR count). The molecule has 1 aliphatic heterocycles. The standard InChI is InChI=1S/C10H15NO4/c1-5-4-6(5)11-9(12)7-2-3-8(15-7)10(13)14/h5-8H,2-4H2,1H3,(H,11,12)(H,13,14)/t5?,6?,7-,8+/m0/s1. The topological polar surface area (TPSA) is 75.6 Å². The summed E-state index contributed by atoms with van der Waals surface area (Å²) in [6, 6.07) is 0.268. The summed E-state index contributed by atoms with van der Waals surface area (Å²) in [5.41, 5.74) is 0. The second-order valence-electron chi connectivity index (χ2n) is 4.36. The molecule has 1 aliphatic carbocycles. The molecule has 84 valence electrons. The predicted molar refractivity (Wildman–Crippen MR) is 51.2 cm³/mol. The van der Waals surface area contributed by atoms with Crippen LogP contribution in [-0.4, -0.2) is 35.2 Å². The van der Waals surface area contributed by atoms with Crippen molar-refractivity contribution in [2.45, 2.75) is 44.4 Å². The Labute approximate surface area is 87.8 Å². The van der Waals surface area contributed by atoms with Crippen molar-refractivity contribution in [3.05, 3.63) is 0 Å². The number of carbonyl (C=O) groups is 2. The van der Waals surface area contributed by atoms with Crippen LogP contribution in [0.1, 0.15) is 26.2 Å². The highest BCUT2D eigenvalue weighted by atomic mass is 16.5. The zero-order valence-corrected chi connectivity index (χ0v) is 8.60. The molecule has 0 aromatic rings. The zero-order valence-electron chi connectivity index (χ0n) is 8.60. The second kappa shape index (κ2) is 3.81. The van der Waals surface area contributed by atoms with Crippen LogP contribution in [0.3, 0.4) is 0 Å². The van der Waals surface area contributed by atoms with Gasteiger partial charge in [-0.15, -0.1) is 0 Å². The molecule has 4 atom stereocenters. The Morgan fingerprint density at radius 2 is 1.93 bits per heavy atom. The van der Waals surface area contributed by atoms with Gasteiger partial charge in [-0.1, -0.05) is 6.92 Å². The summed E-state index contributed by atoms with van der Waals surface area (Å²) in [6.07, 6.45) is 0.564. The van der Waals surface area contributed by atoms with E-state index in [1.54, 1.807) is 0 Å². The molecule has 0 bridgehead atoms. The van der Waals surface area contributed by atoms with E-state index < -0.39 is 18.2 Å². The van der Waals surface area contributed by atoms with Crippen molar-refractivity contribution < 1.29 is 19.4 Å². The summed E-state index contributed by atoms with van der Waals surface area (Å²) in [6.45, 7) is 2.07. The van der Waals surface area contributed by atoms with Gasteiger partial charge in [-0.25, -0.2) is 4.79 Å². The number of aliphatic carboxylic acids is 1. The van der Waals surface area contributed by atoms with Crippen LogP contribution in [0.15, 0.2) is 0 Å². The maximum Gasteiger partial charge on any atom is 0.332 e. The molecule has 5 heteroatoms. The Morgan fingerprint density at radius 1 is 1.33 bits per heavy atom. The summed E-state index contributed by atoms with van der Waals surface area (Å²) < 4.78 is 5.14. The lowest BCUT2D eigenvalue weighted by atomic mass is 10.2. The number of carboxylic acids is 1. The third-order valence-corrected chi connectivity index (χ3v) is 3.02. The predicted octanol–water partition coefficient (Wildman–Crippen LogP) is 0.143. The monoisotopic (exact) mass is 213 g/mol. The van der Waals surface area contributed by atoms with Gasteiger partial charge in [0.2, 0.25) is 5.91 Å². The van der Waals surface area contributed by atoms with Crippen LogP contribution in [0.4, 0.5) is 0 Å². The molecule has 0 aromatic carbocycles. The number of amides is 1. The molecule has 1 saturated carbocycles. The van der Waals surface area contributed by atoms with Gasteiger partial charge in [-0.3, -0.25) is 4.79 Å². The number of nitrogens with one attached hydrogen (secondary N) is 1. The number of hydrogen-bond donors (Lipinski definition) is 2. The fourth-order valence-electron chi connectivity index (χ4n) is 1.81. The average molecular weight is 213 g/mol. The highest BCUT2D eigenvalue weighted by molar-refractivity contribution is 5.83. The average Bonchev–Trinajstić information content (AvgIpc) is 2.71. The van der Waals surface area contributed by atoms with Crippen molar-refractivity contribution in [1.29, 1.82) is 0 Å². The van der Waals surface area contributed by atoms with Crippen LogP contribution in [0.25, 0.3) is 0 Å². The molecule has 0 spiro atoms. The van der Waals surface area contributed by atoms with Crippen molar-refractivity contribution in [3.63, 3.8) is 0 Å². The van der Waals surface area contributed by atoms with Crippen LogP contribution in [0, 0.1) is 5.92 Å². The molecule has 2 unspecified atom stereocenters. The minimum Gasteiger partial charge on any atom is -0.479 e. The molecule has 5 nitrogen and oxygen atoms in total. The van der Waals surface area contributed by atoms with Crippen LogP contribution < -0.4 is 5.32 Å². The van der Waals surface area contributed by atoms with Gasteiger partial charge in [0.25, 0.3) is 0 Å². The molecule has 15 heavy (non-hydrogen) atoms.